The zero-order chi connectivity index (χ0) is 68.2. The Bertz CT molecular complexity index is 4070. The van der Waals surface area contributed by atoms with Gasteiger partial charge in [0.05, 0.1) is 0 Å². The van der Waals surface area contributed by atoms with Crippen LogP contribution in [0.5, 0.6) is 0 Å². The molecule has 0 radical (unpaired) electrons. The van der Waals surface area contributed by atoms with Gasteiger partial charge in [0, 0.05) is 98.4 Å². The highest BCUT2D eigenvalue weighted by Crippen LogP contribution is 2.28. The predicted octanol–water partition coefficient (Wildman–Crippen LogP) is 19.7. The van der Waals surface area contributed by atoms with Crippen molar-refractivity contribution in [1.29, 1.82) is 0 Å². The minimum absolute atomic E-state index is 0. The van der Waals surface area contributed by atoms with Crippen LogP contribution in [0.4, 0.5) is 0 Å². The van der Waals surface area contributed by atoms with Crippen LogP contribution < -0.4 is 22.8 Å². The van der Waals surface area contributed by atoms with Crippen LogP contribution in [0, 0.1) is 68.2 Å². The van der Waals surface area contributed by atoms with Crippen molar-refractivity contribution in [3.8, 4) is 56.3 Å². The van der Waals surface area contributed by atoms with E-state index in [9.17, 15) is 0 Å². The van der Waals surface area contributed by atoms with E-state index in [2.05, 4.69) is 236 Å². The van der Waals surface area contributed by atoms with Crippen LogP contribution >= 0.6 is 0 Å². The smallest absolute Gasteiger partial charge is 0.201 e. The van der Waals surface area contributed by atoms with Crippen molar-refractivity contribution in [2.24, 2.45) is 41.1 Å². The molecule has 10 rings (SSSR count). The molecule has 88 heavy (non-hydrogen) atoms. The molecule has 5 nitrogen and oxygen atoms in total. The molecule has 0 spiro atoms. The van der Waals surface area contributed by atoms with Crippen molar-refractivity contribution in [2.45, 2.75) is 152 Å². The second-order valence-electron chi connectivity index (χ2n) is 23.0. The summed E-state index contributed by atoms with van der Waals surface area (Å²) in [6.07, 6.45) is 10.4. The van der Waals surface area contributed by atoms with Crippen molar-refractivity contribution < 1.29 is 33.8 Å². The average molecular weight is 1190 g/mol. The topological polar surface area (TPSA) is 19.4 Å². The minimum atomic E-state index is -2.37. The van der Waals surface area contributed by atoms with E-state index < -0.39 is 25.5 Å². The number of hydrogen-bond acceptors (Lipinski definition) is 0. The summed E-state index contributed by atoms with van der Waals surface area (Å²) in [6, 6.07) is 58.6. The number of benzene rings is 5. The van der Waals surface area contributed by atoms with E-state index in [1.165, 1.54) is 86.6 Å². The van der Waals surface area contributed by atoms with Crippen molar-refractivity contribution in [2.75, 3.05) is 0 Å². The summed E-state index contributed by atoms with van der Waals surface area (Å²) < 4.78 is 72.2. The van der Waals surface area contributed by atoms with Gasteiger partial charge in [-0.2, -0.15) is 0 Å². The molecule has 0 aliphatic heterocycles. The molecule has 0 saturated heterocycles. The molecule has 0 aliphatic rings. The molecular formula is C83H114N5+5. The molecule has 0 fully saturated rings. The maximum absolute atomic E-state index is 8.30. The van der Waals surface area contributed by atoms with Gasteiger partial charge < -0.3 is 0 Å². The normalized spacial score (nSPS) is 13.2. The van der Waals surface area contributed by atoms with Gasteiger partial charge in [-0.25, -0.2) is 22.8 Å². The molecule has 0 saturated carbocycles. The van der Waals surface area contributed by atoms with E-state index in [1.54, 1.807) is 6.20 Å². The third kappa shape index (κ3) is 20.5. The molecular weight excluding hydrogens is 1070 g/mol. The molecule has 2 atom stereocenters. The van der Waals surface area contributed by atoms with E-state index in [0.29, 0.717) is 11.5 Å². The number of aryl methyl sites for hydroxylation is 14. The Morgan fingerprint density at radius 3 is 1.10 bits per heavy atom. The summed E-state index contributed by atoms with van der Waals surface area (Å²) in [4.78, 5) is 0. The summed E-state index contributed by atoms with van der Waals surface area (Å²) in [7, 11) is 10.2. The van der Waals surface area contributed by atoms with Crippen LogP contribution in [-0.2, 0) is 41.7 Å². The highest BCUT2D eigenvalue weighted by molar-refractivity contribution is 5.65. The second kappa shape index (κ2) is 35.6. The van der Waals surface area contributed by atoms with Crippen LogP contribution in [0.3, 0.4) is 0 Å². The Hall–Kier alpha value is -8.15. The fourth-order valence-electron chi connectivity index (χ4n) is 10.6. The van der Waals surface area contributed by atoms with Crippen LogP contribution in [0.1, 0.15) is 161 Å². The van der Waals surface area contributed by atoms with Crippen molar-refractivity contribution >= 4 is 0 Å². The van der Waals surface area contributed by atoms with Crippen molar-refractivity contribution in [3.63, 3.8) is 0 Å². The van der Waals surface area contributed by atoms with Gasteiger partial charge >= 0.3 is 0 Å². The quantitative estimate of drug-likeness (QED) is 0.128. The van der Waals surface area contributed by atoms with E-state index in [1.807, 2.05) is 93.3 Å². The monoisotopic (exact) mass is 1190 g/mol. The Kier molecular flexibility index (Phi) is 25.4. The summed E-state index contributed by atoms with van der Waals surface area (Å²) >= 11 is 0. The first-order valence-corrected chi connectivity index (χ1v) is 29.3. The summed E-state index contributed by atoms with van der Waals surface area (Å²) in [5, 5.41) is 0. The zero-order valence-corrected chi connectivity index (χ0v) is 53.6. The maximum Gasteiger partial charge on any atom is 0.212 e. The SMILES string of the molecule is C.C.C.C.Cc1ccc(C)c(-c2cccc[n+]2C)c1.Cc1ccc(C)c(-c2cccc[n+]2C)c1.Cc1ccccc1-c1cc(C)c(C(C)C)c[n+]1C.[2H]C([2H])([2H])C([2H])(C)Cc1ccc(-c2cccc[n+]2C)c(C)c1.[2H]C([2H])([2H])C([2H])(C)c1c[n+](C)c(-c2ccccc2C)cc1C. The average Bonchev–Trinajstić information content (AvgIpc) is 0.773. The molecule has 2 unspecified atom stereocenters. The fourth-order valence-corrected chi connectivity index (χ4v) is 10.6. The van der Waals surface area contributed by atoms with Gasteiger partial charge in [-0.15, -0.1) is 0 Å². The first-order chi connectivity index (χ1) is 43.0. The molecule has 0 amide bonds. The van der Waals surface area contributed by atoms with Crippen LogP contribution in [-0.4, -0.2) is 0 Å². The Labute approximate surface area is 548 Å². The molecule has 466 valence electrons. The summed E-state index contributed by atoms with van der Waals surface area (Å²) in [6.45, 7) is 21.6. The lowest BCUT2D eigenvalue weighted by atomic mass is 9.97. The van der Waals surface area contributed by atoms with Gasteiger partial charge in [0.1, 0.15) is 35.2 Å². The Morgan fingerprint density at radius 1 is 0.341 bits per heavy atom. The van der Waals surface area contributed by atoms with E-state index in [0.717, 1.165) is 44.8 Å². The van der Waals surface area contributed by atoms with Gasteiger partial charge in [-0.1, -0.05) is 155 Å². The van der Waals surface area contributed by atoms with Crippen molar-refractivity contribution in [3.05, 3.63) is 268 Å². The van der Waals surface area contributed by atoms with Gasteiger partial charge in [0.2, 0.25) is 28.5 Å². The minimum Gasteiger partial charge on any atom is -0.201 e. The molecule has 5 heterocycles. The van der Waals surface area contributed by atoms with Crippen LogP contribution in [0.25, 0.3) is 56.3 Å². The molecule has 0 N–H and O–H groups in total. The lowest BCUT2D eigenvalue weighted by Gasteiger charge is -2.11. The maximum atomic E-state index is 8.30. The molecule has 5 aromatic carbocycles. The van der Waals surface area contributed by atoms with E-state index in [-0.39, 0.29) is 36.1 Å². The first-order valence-electron chi connectivity index (χ1n) is 33.3. The number of hydrogen-bond donors (Lipinski definition) is 0. The van der Waals surface area contributed by atoms with Crippen LogP contribution in [0.15, 0.2) is 201 Å². The summed E-state index contributed by atoms with van der Waals surface area (Å²) in [5.41, 5.74) is 26.0. The Balaban J connectivity index is 0.000000407. The highest BCUT2D eigenvalue weighted by Gasteiger charge is 2.19. The van der Waals surface area contributed by atoms with E-state index in [4.69, 9.17) is 11.0 Å². The Morgan fingerprint density at radius 2 is 0.716 bits per heavy atom. The molecule has 5 aromatic heterocycles. The first kappa shape index (κ1) is 62.9. The van der Waals surface area contributed by atoms with Gasteiger partial charge in [0.25, 0.3) is 0 Å². The largest absolute Gasteiger partial charge is 0.212 e. The zero-order valence-electron chi connectivity index (χ0n) is 61.6. The predicted molar refractivity (Wildman–Crippen MR) is 382 cm³/mol. The highest BCUT2D eigenvalue weighted by atomic mass is 14.9. The fraction of sp³-hybridized carbons (Fsp3) is 0.337. The molecule has 10 aromatic rings. The third-order valence-corrected chi connectivity index (χ3v) is 15.4. The third-order valence-electron chi connectivity index (χ3n) is 15.4. The molecule has 0 bridgehead atoms. The number of pyridine rings is 5. The molecule has 5 heteroatoms. The van der Waals surface area contributed by atoms with Gasteiger partial charge in [-0.3, -0.25) is 0 Å². The standard InChI is InChI=1S/3C17H22N.2C14H16N.4CH4/c2*1-12(2)16-11-18(5)17(10-14(16)4)15-9-7-6-8-13(15)3;1-13(2)11-15-8-9-16(14(3)12-15)17-7-5-6-10-18(17)4;2*1-11-7-8-12(2)13(10-11)14-6-4-5-9-15(14)3;;;;/h2*6-12H,1-5H3;5-10,12-13H,11H2,1-4H3;2*4-10H,1-3H3;4*1H4/q5*+1;;;;/i1D3,12D;;1D3,13D;;;;;;. The number of aromatic nitrogens is 5. The number of rotatable bonds is 9. The van der Waals surface area contributed by atoms with E-state index >= 15 is 0 Å². The van der Waals surface area contributed by atoms with Crippen LogP contribution in [0.2, 0.25) is 0 Å². The second-order valence-corrected chi connectivity index (χ2v) is 23.0. The lowest BCUT2D eigenvalue weighted by Crippen LogP contribution is -2.32. The number of nitrogens with zero attached hydrogens (tertiary/aromatic N) is 5. The van der Waals surface area contributed by atoms with Crippen molar-refractivity contribution in [1.82, 2.24) is 0 Å². The van der Waals surface area contributed by atoms with Gasteiger partial charge in [0.15, 0.2) is 31.0 Å². The summed E-state index contributed by atoms with van der Waals surface area (Å²) in [5.74, 6) is -2.53. The lowest BCUT2D eigenvalue weighted by molar-refractivity contribution is -0.661. The van der Waals surface area contributed by atoms with Gasteiger partial charge in [-0.05, 0) is 179 Å². The molecule has 0 aliphatic carbocycles.